The second-order valence-electron chi connectivity index (χ2n) is 2.66. The highest BCUT2D eigenvalue weighted by Crippen LogP contribution is 2.09. The summed E-state index contributed by atoms with van der Waals surface area (Å²) in [5.74, 6) is -0.901. The Morgan fingerprint density at radius 2 is 2.33 bits per heavy atom. The Labute approximate surface area is 69.8 Å². The number of nitrogens with zero attached hydrogens (tertiary/aromatic N) is 2. The highest BCUT2D eigenvalue weighted by Gasteiger charge is 2.28. The number of carbonyl (C=O) groups is 1. The van der Waals surface area contributed by atoms with Crippen molar-refractivity contribution in [2.24, 2.45) is 4.99 Å². The van der Waals surface area contributed by atoms with E-state index in [2.05, 4.69) is 4.99 Å². The Hall–Kier alpha value is -1.20. The number of quaternary nitrogens is 1. The molecule has 0 aliphatic carbocycles. The van der Waals surface area contributed by atoms with E-state index in [9.17, 15) is 4.79 Å². The molecule has 1 rings (SSSR count). The van der Waals surface area contributed by atoms with E-state index < -0.39 is 5.97 Å². The first-order valence-corrected chi connectivity index (χ1v) is 3.60. The van der Waals surface area contributed by atoms with Crippen LogP contribution in [0.25, 0.3) is 0 Å². The predicted molar refractivity (Wildman–Crippen MR) is 42.3 cm³/mol. The molecule has 66 valence electrons. The number of carboxylic acid groups (broad SMARTS) is 1. The van der Waals surface area contributed by atoms with Crippen molar-refractivity contribution in [3.8, 4) is 0 Å². The molecule has 5 nitrogen and oxygen atoms in total. The number of carboxylic acids is 1. The molecule has 0 aromatic rings. The summed E-state index contributed by atoms with van der Waals surface area (Å²) >= 11 is 0. The van der Waals surface area contributed by atoms with E-state index >= 15 is 0 Å². The average Bonchev–Trinajstić information content (AvgIpc) is 2.36. The topological polar surface area (TPSA) is 69.9 Å². The maximum Gasteiger partial charge on any atom is 0.360 e. The van der Waals surface area contributed by atoms with Crippen LogP contribution in [0.4, 0.5) is 0 Å². The van der Waals surface area contributed by atoms with Gasteiger partial charge in [0.2, 0.25) is 0 Å². The van der Waals surface area contributed by atoms with E-state index in [0.29, 0.717) is 6.54 Å². The van der Waals surface area contributed by atoms with Gasteiger partial charge < -0.3 is 10.2 Å². The van der Waals surface area contributed by atoms with Gasteiger partial charge in [-0.1, -0.05) is 0 Å². The molecule has 0 aromatic carbocycles. The molecule has 1 unspecified atom stereocenters. The van der Waals surface area contributed by atoms with Crippen molar-refractivity contribution in [3.05, 3.63) is 12.4 Å². The van der Waals surface area contributed by atoms with Crippen molar-refractivity contribution in [2.75, 3.05) is 19.7 Å². The highest BCUT2D eigenvalue weighted by atomic mass is 16.4. The lowest BCUT2D eigenvalue weighted by atomic mass is 10.4. The monoisotopic (exact) mass is 171 g/mol. The third-order valence-electron chi connectivity index (χ3n) is 1.69. The fraction of sp³-hybridized carbons (Fsp3) is 0.429. The first-order valence-electron chi connectivity index (χ1n) is 3.60. The van der Waals surface area contributed by atoms with Gasteiger partial charge in [-0.25, -0.2) is 14.3 Å². The van der Waals surface area contributed by atoms with Gasteiger partial charge in [0.15, 0.2) is 12.9 Å². The summed E-state index contributed by atoms with van der Waals surface area (Å²) in [6, 6.07) is 0. The standard InChI is InChI=1S/C7H10N2O3/c10-4-3-9(5-7(11)12)2-1-8-6-9/h1-2,6,10H,3-5H2/p+1. The number of aliphatic hydroxyl groups is 1. The van der Waals surface area contributed by atoms with Crippen molar-refractivity contribution in [2.45, 2.75) is 0 Å². The highest BCUT2D eigenvalue weighted by molar-refractivity contribution is 5.70. The van der Waals surface area contributed by atoms with Gasteiger partial charge in [-0.05, 0) is 0 Å². The Balaban J connectivity index is 2.66. The Morgan fingerprint density at radius 1 is 1.58 bits per heavy atom. The van der Waals surface area contributed by atoms with Crippen LogP contribution >= 0.6 is 0 Å². The SMILES string of the molecule is O=C(O)C[N+]1(CCO)C=CN=C1. The number of rotatable bonds is 4. The molecule has 1 aliphatic rings. The van der Waals surface area contributed by atoms with E-state index in [1.165, 1.54) is 6.34 Å². The van der Waals surface area contributed by atoms with E-state index in [4.69, 9.17) is 10.2 Å². The van der Waals surface area contributed by atoms with Crippen molar-refractivity contribution in [1.82, 2.24) is 0 Å². The summed E-state index contributed by atoms with van der Waals surface area (Å²) in [5.41, 5.74) is 0. The van der Waals surface area contributed by atoms with Gasteiger partial charge in [-0.2, -0.15) is 0 Å². The second-order valence-corrected chi connectivity index (χ2v) is 2.66. The molecule has 0 saturated carbocycles. The van der Waals surface area contributed by atoms with E-state index in [-0.39, 0.29) is 17.6 Å². The van der Waals surface area contributed by atoms with Crippen LogP contribution in [0.3, 0.4) is 0 Å². The average molecular weight is 171 g/mol. The zero-order valence-corrected chi connectivity index (χ0v) is 6.55. The van der Waals surface area contributed by atoms with Crippen LogP contribution < -0.4 is 0 Å². The largest absolute Gasteiger partial charge is 0.477 e. The normalized spacial score (nSPS) is 26.4. The number of aliphatic carboxylic acids is 1. The first-order chi connectivity index (χ1) is 5.68. The Bertz CT molecular complexity index is 223. The summed E-state index contributed by atoms with van der Waals surface area (Å²) in [5, 5.41) is 17.3. The first kappa shape index (κ1) is 8.89. The second kappa shape index (κ2) is 3.46. The van der Waals surface area contributed by atoms with E-state index in [1.807, 2.05) is 0 Å². The molecule has 0 amide bonds. The van der Waals surface area contributed by atoms with Gasteiger partial charge in [0, 0.05) is 0 Å². The minimum absolute atomic E-state index is 0.0519. The molecule has 2 N–H and O–H groups in total. The van der Waals surface area contributed by atoms with Crippen molar-refractivity contribution in [3.63, 3.8) is 0 Å². The lowest BCUT2D eigenvalue weighted by molar-refractivity contribution is -0.771. The Kier molecular flexibility index (Phi) is 2.57. The lowest BCUT2D eigenvalue weighted by Crippen LogP contribution is -2.45. The molecule has 0 saturated heterocycles. The fourth-order valence-electron chi connectivity index (χ4n) is 1.12. The molecule has 0 radical (unpaired) electrons. The fourth-order valence-corrected chi connectivity index (χ4v) is 1.12. The zero-order valence-electron chi connectivity index (χ0n) is 6.55. The lowest BCUT2D eigenvalue weighted by Gasteiger charge is -2.23. The molecular formula is C7H11N2O3+. The third-order valence-corrected chi connectivity index (χ3v) is 1.69. The molecule has 0 fully saturated rings. The van der Waals surface area contributed by atoms with Gasteiger partial charge in [0.05, 0.1) is 12.8 Å². The summed E-state index contributed by atoms with van der Waals surface area (Å²) in [6.07, 6.45) is 4.72. The third kappa shape index (κ3) is 1.90. The molecular weight excluding hydrogens is 160 g/mol. The number of aliphatic hydroxyl groups excluding tert-OH is 1. The molecule has 1 atom stereocenters. The van der Waals surface area contributed by atoms with Crippen LogP contribution in [-0.2, 0) is 4.79 Å². The summed E-state index contributed by atoms with van der Waals surface area (Å²) in [6.45, 7) is 0.233. The van der Waals surface area contributed by atoms with Gasteiger partial charge in [0.25, 0.3) is 0 Å². The summed E-state index contributed by atoms with van der Waals surface area (Å²) < 4.78 is 0.103. The maximum absolute atomic E-state index is 10.4. The summed E-state index contributed by atoms with van der Waals surface area (Å²) in [7, 11) is 0. The van der Waals surface area contributed by atoms with Crippen LogP contribution in [0, 0.1) is 0 Å². The van der Waals surface area contributed by atoms with Crippen LogP contribution in [0.2, 0.25) is 0 Å². The van der Waals surface area contributed by atoms with Crippen LogP contribution in [0.5, 0.6) is 0 Å². The van der Waals surface area contributed by atoms with Crippen molar-refractivity contribution in [1.29, 1.82) is 0 Å². The Morgan fingerprint density at radius 3 is 2.75 bits per heavy atom. The molecule has 12 heavy (non-hydrogen) atoms. The minimum Gasteiger partial charge on any atom is -0.477 e. The van der Waals surface area contributed by atoms with Crippen molar-refractivity contribution >= 4 is 12.3 Å². The zero-order chi connectivity index (χ0) is 9.03. The minimum atomic E-state index is -0.901. The summed E-state index contributed by atoms with van der Waals surface area (Å²) in [4.78, 5) is 14.2. The van der Waals surface area contributed by atoms with E-state index in [1.54, 1.807) is 12.4 Å². The van der Waals surface area contributed by atoms with E-state index in [0.717, 1.165) is 0 Å². The van der Waals surface area contributed by atoms with Crippen LogP contribution in [0.1, 0.15) is 0 Å². The number of hydrogen-bond donors (Lipinski definition) is 2. The molecule has 0 aromatic heterocycles. The van der Waals surface area contributed by atoms with Gasteiger partial charge >= 0.3 is 5.97 Å². The van der Waals surface area contributed by atoms with Gasteiger partial charge in [-0.3, -0.25) is 0 Å². The predicted octanol–water partition coefficient (Wildman–Crippen LogP) is -0.607. The van der Waals surface area contributed by atoms with Gasteiger partial charge in [0.1, 0.15) is 12.7 Å². The van der Waals surface area contributed by atoms with Crippen LogP contribution in [-0.4, -0.2) is 46.7 Å². The van der Waals surface area contributed by atoms with Gasteiger partial charge in [-0.15, -0.1) is 0 Å². The molecule has 1 aliphatic heterocycles. The molecule has 0 bridgehead atoms. The smallest absolute Gasteiger partial charge is 0.360 e. The van der Waals surface area contributed by atoms with Crippen molar-refractivity contribution < 1.29 is 19.5 Å². The molecule has 1 heterocycles. The molecule has 5 heteroatoms. The number of aliphatic imine (C=N–C) groups is 1. The van der Waals surface area contributed by atoms with Crippen LogP contribution in [0.15, 0.2) is 17.4 Å². The quantitative estimate of drug-likeness (QED) is 0.554. The maximum atomic E-state index is 10.4. The number of hydrogen-bond acceptors (Lipinski definition) is 3. The molecule has 0 spiro atoms.